The van der Waals surface area contributed by atoms with E-state index in [-0.39, 0.29) is 11.5 Å². The number of amides is 1. The molecule has 1 N–H and O–H groups in total. The second kappa shape index (κ2) is 6.08. The second-order valence-electron chi connectivity index (χ2n) is 5.63. The quantitative estimate of drug-likeness (QED) is 0.860. The lowest BCUT2D eigenvalue weighted by molar-refractivity contribution is 0.102. The molecule has 0 unspecified atom stereocenters. The molecule has 2 aromatic rings. The molecule has 21 heavy (non-hydrogen) atoms. The Morgan fingerprint density at radius 2 is 1.86 bits per heavy atom. The summed E-state index contributed by atoms with van der Waals surface area (Å²) < 4.78 is 13.8. The fourth-order valence-electron chi connectivity index (χ4n) is 2.34. The zero-order valence-electron chi connectivity index (χ0n) is 12.8. The van der Waals surface area contributed by atoms with Crippen molar-refractivity contribution in [2.45, 2.75) is 33.6 Å². The van der Waals surface area contributed by atoms with Crippen molar-refractivity contribution in [3.05, 3.63) is 64.5 Å². The van der Waals surface area contributed by atoms with Crippen LogP contribution >= 0.6 is 0 Å². The van der Waals surface area contributed by atoms with Gasteiger partial charge in [-0.05, 0) is 43.0 Å². The van der Waals surface area contributed by atoms with Gasteiger partial charge in [-0.15, -0.1) is 0 Å². The van der Waals surface area contributed by atoms with Crippen LogP contribution in [0.15, 0.2) is 36.4 Å². The number of rotatable bonds is 3. The van der Waals surface area contributed by atoms with Gasteiger partial charge in [0.15, 0.2) is 0 Å². The van der Waals surface area contributed by atoms with Crippen LogP contribution in [-0.4, -0.2) is 5.91 Å². The standard InChI is InChI=1S/C18H20FNO/c1-11(2)14-7-5-6-13(4)17(14)20-18(21)15-10-12(3)8-9-16(15)19/h5-11H,1-4H3,(H,20,21). The summed E-state index contributed by atoms with van der Waals surface area (Å²) in [6.07, 6.45) is 0. The van der Waals surface area contributed by atoms with E-state index in [1.807, 2.05) is 32.0 Å². The van der Waals surface area contributed by atoms with Gasteiger partial charge in [0.1, 0.15) is 5.82 Å². The SMILES string of the molecule is Cc1ccc(F)c(C(=O)Nc2c(C)cccc2C(C)C)c1. The van der Waals surface area contributed by atoms with Gasteiger partial charge in [-0.1, -0.05) is 43.7 Å². The highest BCUT2D eigenvalue weighted by atomic mass is 19.1. The zero-order valence-corrected chi connectivity index (χ0v) is 12.8. The molecule has 1 amide bonds. The number of para-hydroxylation sites is 1. The highest BCUT2D eigenvalue weighted by molar-refractivity contribution is 6.05. The van der Waals surface area contributed by atoms with Gasteiger partial charge >= 0.3 is 0 Å². The summed E-state index contributed by atoms with van der Waals surface area (Å²) in [6.45, 7) is 7.91. The van der Waals surface area contributed by atoms with Crippen molar-refractivity contribution in [1.29, 1.82) is 0 Å². The molecule has 0 fully saturated rings. The van der Waals surface area contributed by atoms with E-state index in [1.165, 1.54) is 6.07 Å². The molecule has 2 rings (SSSR count). The molecule has 0 atom stereocenters. The van der Waals surface area contributed by atoms with Gasteiger partial charge in [0.25, 0.3) is 5.91 Å². The molecule has 110 valence electrons. The van der Waals surface area contributed by atoms with Crippen LogP contribution in [0.2, 0.25) is 0 Å². The fourth-order valence-corrected chi connectivity index (χ4v) is 2.34. The maximum Gasteiger partial charge on any atom is 0.258 e. The first-order valence-electron chi connectivity index (χ1n) is 7.07. The summed E-state index contributed by atoms with van der Waals surface area (Å²) in [7, 11) is 0. The van der Waals surface area contributed by atoms with E-state index in [2.05, 4.69) is 19.2 Å². The number of aryl methyl sites for hydroxylation is 2. The van der Waals surface area contributed by atoms with E-state index < -0.39 is 11.7 Å². The molecule has 0 bridgehead atoms. The molecule has 2 aromatic carbocycles. The molecule has 0 spiro atoms. The number of nitrogens with one attached hydrogen (secondary N) is 1. The molecule has 0 radical (unpaired) electrons. The van der Waals surface area contributed by atoms with Crippen LogP contribution in [0.4, 0.5) is 10.1 Å². The van der Waals surface area contributed by atoms with Crippen LogP contribution in [0.3, 0.4) is 0 Å². The third-order valence-corrected chi connectivity index (χ3v) is 3.53. The first-order valence-corrected chi connectivity index (χ1v) is 7.07. The lowest BCUT2D eigenvalue weighted by Gasteiger charge is -2.16. The maximum absolute atomic E-state index is 13.8. The van der Waals surface area contributed by atoms with Crippen molar-refractivity contribution in [1.82, 2.24) is 0 Å². The summed E-state index contributed by atoms with van der Waals surface area (Å²) in [5.74, 6) is -0.632. The first-order chi connectivity index (χ1) is 9.90. The molecule has 0 heterocycles. The largest absolute Gasteiger partial charge is 0.321 e. The van der Waals surface area contributed by atoms with E-state index in [0.717, 1.165) is 22.4 Å². The van der Waals surface area contributed by atoms with E-state index in [4.69, 9.17) is 0 Å². The van der Waals surface area contributed by atoms with Crippen LogP contribution in [0.25, 0.3) is 0 Å². The molecule has 0 aromatic heterocycles. The van der Waals surface area contributed by atoms with E-state index in [1.54, 1.807) is 12.1 Å². The molecule has 3 heteroatoms. The number of halogens is 1. The minimum atomic E-state index is -0.502. The van der Waals surface area contributed by atoms with Crippen LogP contribution in [-0.2, 0) is 0 Å². The van der Waals surface area contributed by atoms with Gasteiger partial charge in [0.05, 0.1) is 5.56 Å². The zero-order chi connectivity index (χ0) is 15.6. The Balaban J connectivity index is 2.38. The first kappa shape index (κ1) is 15.2. The molecule has 0 saturated carbocycles. The average molecular weight is 285 g/mol. The topological polar surface area (TPSA) is 29.1 Å². The Bertz CT molecular complexity index is 677. The summed E-state index contributed by atoms with van der Waals surface area (Å²) in [6, 6.07) is 10.4. The Labute approximate surface area is 125 Å². The summed E-state index contributed by atoms with van der Waals surface area (Å²) in [5.41, 5.74) is 3.74. The van der Waals surface area contributed by atoms with Crippen molar-refractivity contribution >= 4 is 11.6 Å². The monoisotopic (exact) mass is 285 g/mol. The molecule has 2 nitrogen and oxygen atoms in total. The Morgan fingerprint density at radius 1 is 1.14 bits per heavy atom. The number of carbonyl (C=O) groups excluding carboxylic acids is 1. The van der Waals surface area contributed by atoms with Gasteiger partial charge in [0.2, 0.25) is 0 Å². The summed E-state index contributed by atoms with van der Waals surface area (Å²) in [5, 5.41) is 2.87. The minimum Gasteiger partial charge on any atom is -0.321 e. The smallest absolute Gasteiger partial charge is 0.258 e. The van der Waals surface area contributed by atoms with Crippen molar-refractivity contribution in [2.75, 3.05) is 5.32 Å². The van der Waals surface area contributed by atoms with Gasteiger partial charge in [-0.2, -0.15) is 0 Å². The van der Waals surface area contributed by atoms with Gasteiger partial charge in [-0.25, -0.2) is 4.39 Å². The predicted octanol–water partition coefficient (Wildman–Crippen LogP) is 4.82. The molecule has 0 aliphatic heterocycles. The summed E-state index contributed by atoms with van der Waals surface area (Å²) >= 11 is 0. The maximum atomic E-state index is 13.8. The normalized spacial score (nSPS) is 10.8. The molecule has 0 saturated heterocycles. The van der Waals surface area contributed by atoms with Crippen molar-refractivity contribution in [3.63, 3.8) is 0 Å². The fraction of sp³-hybridized carbons (Fsp3) is 0.278. The second-order valence-corrected chi connectivity index (χ2v) is 5.63. The third kappa shape index (κ3) is 3.30. The Hall–Kier alpha value is -2.16. The highest BCUT2D eigenvalue weighted by Gasteiger charge is 2.16. The number of anilines is 1. The lowest BCUT2D eigenvalue weighted by Crippen LogP contribution is -2.16. The highest BCUT2D eigenvalue weighted by Crippen LogP contribution is 2.28. The number of hydrogen-bond acceptors (Lipinski definition) is 1. The van der Waals surface area contributed by atoms with Crippen molar-refractivity contribution < 1.29 is 9.18 Å². The van der Waals surface area contributed by atoms with Crippen molar-refractivity contribution in [2.24, 2.45) is 0 Å². The predicted molar refractivity (Wildman–Crippen MR) is 84.4 cm³/mol. The van der Waals surface area contributed by atoms with Gasteiger partial charge in [-0.3, -0.25) is 4.79 Å². The summed E-state index contributed by atoms with van der Waals surface area (Å²) in [4.78, 5) is 12.4. The van der Waals surface area contributed by atoms with E-state index in [0.29, 0.717) is 0 Å². The van der Waals surface area contributed by atoms with Crippen LogP contribution in [0.1, 0.15) is 46.8 Å². The number of benzene rings is 2. The van der Waals surface area contributed by atoms with Crippen LogP contribution in [0.5, 0.6) is 0 Å². The van der Waals surface area contributed by atoms with Crippen LogP contribution in [0, 0.1) is 19.7 Å². The van der Waals surface area contributed by atoms with Crippen molar-refractivity contribution in [3.8, 4) is 0 Å². The van der Waals surface area contributed by atoms with Gasteiger partial charge in [0, 0.05) is 5.69 Å². The third-order valence-electron chi connectivity index (χ3n) is 3.53. The minimum absolute atomic E-state index is 0.0768. The molecular weight excluding hydrogens is 265 g/mol. The van der Waals surface area contributed by atoms with E-state index >= 15 is 0 Å². The number of hydrogen-bond donors (Lipinski definition) is 1. The Morgan fingerprint density at radius 3 is 2.52 bits per heavy atom. The van der Waals surface area contributed by atoms with E-state index in [9.17, 15) is 9.18 Å². The molecule has 0 aliphatic rings. The molecular formula is C18H20FNO. The Kier molecular flexibility index (Phi) is 4.41. The lowest BCUT2D eigenvalue weighted by atomic mass is 9.98. The average Bonchev–Trinajstić information content (AvgIpc) is 2.43. The van der Waals surface area contributed by atoms with Crippen LogP contribution < -0.4 is 5.32 Å². The number of carbonyl (C=O) groups is 1. The molecule has 0 aliphatic carbocycles. The van der Waals surface area contributed by atoms with Gasteiger partial charge < -0.3 is 5.32 Å².